The number of aliphatic hydroxyl groups is 2. The number of unbranched alkanes of at least 4 members (excludes halogenated alkanes) is 10. The van der Waals surface area contributed by atoms with E-state index >= 15 is 0 Å². The number of hydrogen-bond donors (Lipinski definition) is 2. The molecule has 2 N–H and O–H groups in total. The Kier molecular flexibility index (Phi) is 16.6. The minimum absolute atomic E-state index is 0.116. The Balaban J connectivity index is 3.15. The molecule has 0 saturated carbocycles. The maximum atomic E-state index is 10.8. The van der Waals surface area contributed by atoms with Gasteiger partial charge >= 0.3 is 0 Å². The largest absolute Gasteiger partial charge is 0.396 e. The molecule has 0 bridgehead atoms. The van der Waals surface area contributed by atoms with Gasteiger partial charge in [-0.05, 0) is 32.6 Å². The second kappa shape index (κ2) is 17.0. The summed E-state index contributed by atoms with van der Waals surface area (Å²) in [5, 5.41) is 18.6. The first-order chi connectivity index (χ1) is 10.7. The maximum Gasteiger partial charge on any atom is 0.129 e. The number of Topliss-reactive ketones (excluding diaryl/α,β-unsaturated/α-hetero) is 1. The van der Waals surface area contributed by atoms with Gasteiger partial charge in [-0.3, -0.25) is 0 Å². The average molecular weight is 315 g/mol. The fraction of sp³-hybridized carbons (Fsp3) is 0.947. The minimum Gasteiger partial charge on any atom is -0.396 e. The van der Waals surface area contributed by atoms with E-state index in [1.54, 1.807) is 6.92 Å². The van der Waals surface area contributed by atoms with E-state index in [4.69, 9.17) is 5.11 Å². The van der Waals surface area contributed by atoms with Gasteiger partial charge in [-0.1, -0.05) is 64.2 Å². The number of rotatable bonds is 17. The molecule has 0 rings (SSSR count). The summed E-state index contributed by atoms with van der Waals surface area (Å²) in [6.07, 6.45) is 16.3. The summed E-state index contributed by atoms with van der Waals surface area (Å²) in [4.78, 5) is 10.8. The van der Waals surface area contributed by atoms with Gasteiger partial charge in [0.15, 0.2) is 0 Å². The monoisotopic (exact) mass is 314 g/mol. The van der Waals surface area contributed by atoms with Crippen LogP contribution < -0.4 is 0 Å². The van der Waals surface area contributed by atoms with E-state index in [1.165, 1.54) is 44.9 Å². The highest BCUT2D eigenvalue weighted by Crippen LogP contribution is 2.14. The van der Waals surface area contributed by atoms with Crippen molar-refractivity contribution in [2.45, 2.75) is 109 Å². The van der Waals surface area contributed by atoms with Crippen molar-refractivity contribution in [2.24, 2.45) is 0 Å². The molecule has 22 heavy (non-hydrogen) atoms. The average Bonchev–Trinajstić information content (AvgIpc) is 2.48. The van der Waals surface area contributed by atoms with Gasteiger partial charge in [0.1, 0.15) is 5.78 Å². The highest BCUT2D eigenvalue weighted by molar-refractivity contribution is 5.75. The molecule has 0 spiro atoms. The number of ketones is 1. The molecule has 3 heteroatoms. The summed E-state index contributed by atoms with van der Waals surface area (Å²) in [6, 6.07) is 0. The van der Waals surface area contributed by atoms with Crippen molar-refractivity contribution in [3.05, 3.63) is 0 Å². The van der Waals surface area contributed by atoms with Gasteiger partial charge in [0.05, 0.1) is 6.10 Å². The molecule has 3 nitrogen and oxygen atoms in total. The van der Waals surface area contributed by atoms with Crippen molar-refractivity contribution >= 4 is 5.78 Å². The van der Waals surface area contributed by atoms with E-state index in [1.807, 2.05) is 0 Å². The SMILES string of the molecule is CC(=O)CCCCCCCCC(O)CCCCCCCCO. The Morgan fingerprint density at radius 1 is 0.727 bits per heavy atom. The van der Waals surface area contributed by atoms with Crippen LogP contribution in [0.2, 0.25) is 0 Å². The highest BCUT2D eigenvalue weighted by Gasteiger charge is 2.03. The first-order valence-corrected chi connectivity index (χ1v) is 9.45. The lowest BCUT2D eigenvalue weighted by molar-refractivity contribution is -0.117. The Hall–Kier alpha value is -0.410. The van der Waals surface area contributed by atoms with Crippen LogP contribution in [0.4, 0.5) is 0 Å². The van der Waals surface area contributed by atoms with Gasteiger partial charge in [-0.15, -0.1) is 0 Å². The molecule has 0 aliphatic heterocycles. The molecule has 1 atom stereocenters. The summed E-state index contributed by atoms with van der Waals surface area (Å²) in [5.74, 6) is 0.302. The van der Waals surface area contributed by atoms with Crippen LogP contribution in [0, 0.1) is 0 Å². The van der Waals surface area contributed by atoms with Gasteiger partial charge < -0.3 is 15.0 Å². The topological polar surface area (TPSA) is 57.5 Å². The van der Waals surface area contributed by atoms with Crippen LogP contribution in [0.15, 0.2) is 0 Å². The van der Waals surface area contributed by atoms with E-state index in [0.717, 1.165) is 51.4 Å². The number of aliphatic hydroxyl groups excluding tert-OH is 2. The fourth-order valence-electron chi connectivity index (χ4n) is 2.80. The predicted molar refractivity (Wildman–Crippen MR) is 93.0 cm³/mol. The fourth-order valence-corrected chi connectivity index (χ4v) is 2.80. The van der Waals surface area contributed by atoms with E-state index < -0.39 is 0 Å². The van der Waals surface area contributed by atoms with E-state index in [0.29, 0.717) is 12.4 Å². The van der Waals surface area contributed by atoms with Crippen LogP contribution in [-0.4, -0.2) is 28.7 Å². The van der Waals surface area contributed by atoms with Gasteiger partial charge in [-0.25, -0.2) is 0 Å². The predicted octanol–water partition coefficient (Wildman–Crippen LogP) is 4.78. The van der Waals surface area contributed by atoms with Crippen LogP contribution >= 0.6 is 0 Å². The molecule has 0 aromatic carbocycles. The molecule has 1 unspecified atom stereocenters. The molecular weight excluding hydrogens is 276 g/mol. The quantitative estimate of drug-likeness (QED) is 0.380. The third kappa shape index (κ3) is 17.6. The van der Waals surface area contributed by atoms with E-state index in [9.17, 15) is 9.90 Å². The molecular formula is C19H38O3. The van der Waals surface area contributed by atoms with Crippen molar-refractivity contribution in [3.63, 3.8) is 0 Å². The molecule has 0 aliphatic rings. The molecule has 0 amide bonds. The Morgan fingerprint density at radius 3 is 1.59 bits per heavy atom. The molecule has 0 radical (unpaired) electrons. The summed E-state index contributed by atoms with van der Waals surface area (Å²) < 4.78 is 0. The van der Waals surface area contributed by atoms with Crippen LogP contribution in [0.3, 0.4) is 0 Å². The third-order valence-corrected chi connectivity index (χ3v) is 4.26. The first kappa shape index (κ1) is 21.6. The molecule has 0 aromatic heterocycles. The molecule has 0 aromatic rings. The lowest BCUT2D eigenvalue weighted by atomic mass is 10.0. The minimum atomic E-state index is -0.116. The van der Waals surface area contributed by atoms with Crippen LogP contribution in [0.1, 0.15) is 103 Å². The Labute approximate surface area is 137 Å². The summed E-state index contributed by atoms with van der Waals surface area (Å²) in [6.45, 7) is 1.98. The number of hydrogen-bond acceptors (Lipinski definition) is 3. The van der Waals surface area contributed by atoms with Crippen molar-refractivity contribution in [3.8, 4) is 0 Å². The molecule has 0 heterocycles. The number of carbonyl (C=O) groups is 1. The third-order valence-electron chi connectivity index (χ3n) is 4.26. The van der Waals surface area contributed by atoms with Crippen molar-refractivity contribution in [1.82, 2.24) is 0 Å². The van der Waals surface area contributed by atoms with Gasteiger partial charge in [0.2, 0.25) is 0 Å². The maximum absolute atomic E-state index is 10.8. The van der Waals surface area contributed by atoms with E-state index in [2.05, 4.69) is 0 Å². The Bertz CT molecular complexity index is 241. The summed E-state index contributed by atoms with van der Waals surface area (Å²) >= 11 is 0. The second-order valence-electron chi connectivity index (χ2n) is 6.65. The highest BCUT2D eigenvalue weighted by atomic mass is 16.3. The zero-order valence-electron chi connectivity index (χ0n) is 14.7. The Morgan fingerprint density at radius 2 is 1.14 bits per heavy atom. The van der Waals surface area contributed by atoms with E-state index in [-0.39, 0.29) is 6.10 Å². The van der Waals surface area contributed by atoms with Crippen LogP contribution in [0.5, 0.6) is 0 Å². The standard InChI is InChI=1S/C19H38O3/c1-18(21)14-10-6-2-3-7-11-15-19(22)16-12-8-4-5-9-13-17-20/h19-20,22H,2-17H2,1H3. The van der Waals surface area contributed by atoms with Crippen LogP contribution in [0.25, 0.3) is 0 Å². The lowest BCUT2D eigenvalue weighted by Gasteiger charge is -2.10. The normalized spacial score (nSPS) is 12.5. The van der Waals surface area contributed by atoms with Gasteiger partial charge in [0, 0.05) is 13.0 Å². The molecule has 0 saturated heterocycles. The van der Waals surface area contributed by atoms with Crippen molar-refractivity contribution < 1.29 is 15.0 Å². The second-order valence-corrected chi connectivity index (χ2v) is 6.65. The van der Waals surface area contributed by atoms with Crippen molar-refractivity contribution in [1.29, 1.82) is 0 Å². The van der Waals surface area contributed by atoms with Gasteiger partial charge in [0.25, 0.3) is 0 Å². The first-order valence-electron chi connectivity index (χ1n) is 9.45. The number of carbonyl (C=O) groups excluding carboxylic acids is 1. The smallest absolute Gasteiger partial charge is 0.129 e. The van der Waals surface area contributed by atoms with Crippen molar-refractivity contribution in [2.75, 3.05) is 6.61 Å². The summed E-state index contributed by atoms with van der Waals surface area (Å²) in [7, 11) is 0. The van der Waals surface area contributed by atoms with Gasteiger partial charge in [-0.2, -0.15) is 0 Å². The zero-order valence-corrected chi connectivity index (χ0v) is 14.7. The molecule has 0 fully saturated rings. The van der Waals surface area contributed by atoms with Crippen LogP contribution in [-0.2, 0) is 4.79 Å². The summed E-state index contributed by atoms with van der Waals surface area (Å²) in [5.41, 5.74) is 0. The molecule has 132 valence electrons. The zero-order chi connectivity index (χ0) is 16.5. The molecule has 0 aliphatic carbocycles. The lowest BCUT2D eigenvalue weighted by Crippen LogP contribution is -2.05.